The maximum absolute atomic E-state index is 5.83. The van der Waals surface area contributed by atoms with Crippen molar-refractivity contribution in [3.05, 3.63) is 0 Å². The molecule has 1 atom stereocenters. The Morgan fingerprint density at radius 3 is 2.13 bits per heavy atom. The Balaban J connectivity index is 2.36. The Morgan fingerprint density at radius 2 is 1.55 bits per heavy atom. The van der Waals surface area contributed by atoms with E-state index < -0.39 is 18.6 Å². The van der Waals surface area contributed by atoms with E-state index in [0.29, 0.717) is 0 Å². The molecule has 0 aliphatic carbocycles. The summed E-state index contributed by atoms with van der Waals surface area (Å²) in [5.41, 5.74) is 0. The van der Waals surface area contributed by atoms with E-state index in [1.165, 1.54) is 58.4 Å². The fourth-order valence-electron chi connectivity index (χ4n) is 4.03. The van der Waals surface area contributed by atoms with Gasteiger partial charge in [-0.2, -0.15) is 0 Å². The molecule has 0 aromatic heterocycles. The standard InChI is InChI=1S/C21H47N3O4Si3/c1-21(31(27-6)28-7,29-20-23(3)13-11-19-30(25-4)26-5)12-9-8-10-14-24-17-15-22(2)16-18-24/h8-20H2,1-7H3. The van der Waals surface area contributed by atoms with Gasteiger partial charge in [0.25, 0.3) is 0 Å². The van der Waals surface area contributed by atoms with Crippen LogP contribution in [0.25, 0.3) is 0 Å². The van der Waals surface area contributed by atoms with E-state index in [4.69, 9.17) is 17.7 Å². The average molecular weight is 490 g/mol. The summed E-state index contributed by atoms with van der Waals surface area (Å²) in [4.78, 5) is 7.49. The zero-order valence-corrected chi connectivity index (χ0v) is 24.2. The van der Waals surface area contributed by atoms with Gasteiger partial charge in [-0.05, 0) is 58.7 Å². The molecule has 182 valence electrons. The highest BCUT2D eigenvalue weighted by Crippen LogP contribution is 2.35. The molecular formula is C21H47N3O4Si3. The van der Waals surface area contributed by atoms with Crippen molar-refractivity contribution in [1.82, 2.24) is 14.7 Å². The van der Waals surface area contributed by atoms with Crippen molar-refractivity contribution >= 4 is 28.1 Å². The summed E-state index contributed by atoms with van der Waals surface area (Å²) in [7, 11) is 10.0. The molecule has 0 amide bonds. The lowest BCUT2D eigenvalue weighted by atomic mass is 10.1. The van der Waals surface area contributed by atoms with Gasteiger partial charge in [-0.1, -0.05) is 19.8 Å². The van der Waals surface area contributed by atoms with Crippen LogP contribution in [0.4, 0.5) is 0 Å². The highest BCUT2D eigenvalue weighted by Gasteiger charge is 2.39. The summed E-state index contributed by atoms with van der Waals surface area (Å²) in [6.45, 7) is 9.57. The van der Waals surface area contributed by atoms with E-state index >= 15 is 0 Å². The Kier molecular flexibility index (Phi) is 16.0. The summed E-state index contributed by atoms with van der Waals surface area (Å²) in [5.74, 6) is 0. The van der Waals surface area contributed by atoms with Crippen molar-refractivity contribution in [2.24, 2.45) is 0 Å². The smallest absolute Gasteiger partial charge is 0.387 e. The first-order valence-corrected chi connectivity index (χ1v) is 15.7. The molecule has 0 bridgehead atoms. The highest BCUT2D eigenvalue weighted by molar-refractivity contribution is 6.66. The van der Waals surface area contributed by atoms with Crippen LogP contribution < -0.4 is 0 Å². The summed E-state index contributed by atoms with van der Waals surface area (Å²) < 4.78 is 22.6. The van der Waals surface area contributed by atoms with Crippen molar-refractivity contribution in [3.63, 3.8) is 0 Å². The van der Waals surface area contributed by atoms with Crippen LogP contribution in [0.1, 0.15) is 39.0 Å². The number of unbranched alkanes of at least 4 members (excludes halogenated alkanes) is 2. The quantitative estimate of drug-likeness (QED) is 0.216. The SMILES string of the molecule is CO[Si](CCCN(C)C[Si]C(C)(CCCCCN1CCN(C)CC1)[Si](OC)OC)OC. The Hall–Kier alpha value is 0.371. The highest BCUT2D eigenvalue weighted by atomic mass is 28.3. The molecule has 1 aliphatic heterocycles. The van der Waals surface area contributed by atoms with Crippen LogP contribution in [0.3, 0.4) is 0 Å². The lowest BCUT2D eigenvalue weighted by Gasteiger charge is -2.34. The third kappa shape index (κ3) is 11.9. The molecule has 0 spiro atoms. The molecule has 1 heterocycles. The van der Waals surface area contributed by atoms with Gasteiger partial charge in [0.15, 0.2) is 0 Å². The number of nitrogens with zero attached hydrogens (tertiary/aromatic N) is 3. The maximum atomic E-state index is 5.83. The molecule has 0 N–H and O–H groups in total. The molecule has 10 heteroatoms. The van der Waals surface area contributed by atoms with E-state index in [9.17, 15) is 0 Å². The van der Waals surface area contributed by atoms with Gasteiger partial charge >= 0.3 is 18.6 Å². The number of rotatable bonds is 18. The lowest BCUT2D eigenvalue weighted by molar-refractivity contribution is 0.152. The van der Waals surface area contributed by atoms with Crippen LogP contribution in [0, 0.1) is 0 Å². The van der Waals surface area contributed by atoms with Crippen molar-refractivity contribution in [2.75, 3.05) is 88.0 Å². The van der Waals surface area contributed by atoms with Crippen molar-refractivity contribution in [1.29, 1.82) is 0 Å². The van der Waals surface area contributed by atoms with Gasteiger partial charge in [0.2, 0.25) is 0 Å². The second kappa shape index (κ2) is 16.9. The molecule has 4 radical (unpaired) electrons. The third-order valence-corrected chi connectivity index (χ3v) is 12.6. The average Bonchev–Trinajstić information content (AvgIpc) is 2.77. The second-order valence-corrected chi connectivity index (χ2v) is 15.6. The van der Waals surface area contributed by atoms with E-state index in [-0.39, 0.29) is 4.66 Å². The number of hydrogen-bond acceptors (Lipinski definition) is 7. The van der Waals surface area contributed by atoms with Crippen molar-refractivity contribution < 1.29 is 17.7 Å². The molecule has 1 unspecified atom stereocenters. The first-order valence-electron chi connectivity index (χ1n) is 11.6. The molecule has 7 nitrogen and oxygen atoms in total. The van der Waals surface area contributed by atoms with Gasteiger partial charge < -0.3 is 32.4 Å². The lowest BCUT2D eigenvalue weighted by Crippen LogP contribution is -2.44. The zero-order valence-electron chi connectivity index (χ0n) is 21.2. The molecule has 0 aromatic rings. The molecule has 1 fully saturated rings. The fourth-order valence-corrected chi connectivity index (χ4v) is 9.06. The zero-order chi connectivity index (χ0) is 23.1. The van der Waals surface area contributed by atoms with Crippen LogP contribution in [-0.4, -0.2) is 131 Å². The topological polar surface area (TPSA) is 46.6 Å². The van der Waals surface area contributed by atoms with Crippen molar-refractivity contribution in [3.8, 4) is 0 Å². The molecular weight excluding hydrogens is 443 g/mol. The minimum absolute atomic E-state index is 0.157. The predicted molar refractivity (Wildman–Crippen MR) is 133 cm³/mol. The van der Waals surface area contributed by atoms with E-state index in [0.717, 1.165) is 34.7 Å². The summed E-state index contributed by atoms with van der Waals surface area (Å²) in [6.07, 6.45) is 7.26. The fraction of sp³-hybridized carbons (Fsp3) is 1.00. The molecule has 0 saturated carbocycles. The van der Waals surface area contributed by atoms with Gasteiger partial charge in [-0.3, -0.25) is 0 Å². The van der Waals surface area contributed by atoms with Gasteiger partial charge in [0.05, 0.1) is 9.52 Å². The number of likely N-dealkylation sites (N-methyl/N-ethyl adjacent to an activating group) is 1. The Bertz CT molecular complexity index is 440. The second-order valence-electron chi connectivity index (χ2n) is 8.78. The van der Waals surface area contributed by atoms with Gasteiger partial charge in [0, 0.05) is 59.3 Å². The molecule has 0 aromatic carbocycles. The van der Waals surface area contributed by atoms with Crippen molar-refractivity contribution in [2.45, 2.75) is 49.7 Å². The van der Waals surface area contributed by atoms with E-state index in [1.54, 1.807) is 14.2 Å². The maximum Gasteiger partial charge on any atom is 0.387 e. The van der Waals surface area contributed by atoms with Gasteiger partial charge in [-0.15, -0.1) is 0 Å². The summed E-state index contributed by atoms with van der Waals surface area (Å²) in [5, 5.41) is 0. The Labute approximate surface area is 198 Å². The van der Waals surface area contributed by atoms with Gasteiger partial charge in [-0.25, -0.2) is 0 Å². The summed E-state index contributed by atoms with van der Waals surface area (Å²) in [6, 6.07) is 1.03. The Morgan fingerprint density at radius 1 is 0.903 bits per heavy atom. The first-order chi connectivity index (χ1) is 14.9. The van der Waals surface area contributed by atoms with Crippen LogP contribution in [0.5, 0.6) is 0 Å². The minimum Gasteiger partial charge on any atom is -0.397 e. The van der Waals surface area contributed by atoms with Crippen LogP contribution in [-0.2, 0) is 17.7 Å². The molecule has 1 rings (SSSR count). The van der Waals surface area contributed by atoms with Gasteiger partial charge in [0.1, 0.15) is 0 Å². The molecule has 31 heavy (non-hydrogen) atoms. The van der Waals surface area contributed by atoms with Crippen LogP contribution in [0.2, 0.25) is 10.7 Å². The van der Waals surface area contributed by atoms with Crippen LogP contribution in [0.15, 0.2) is 0 Å². The molecule has 1 aliphatic rings. The minimum atomic E-state index is -1.28. The molecule has 1 saturated heterocycles. The first kappa shape index (κ1) is 29.4. The number of hydrogen-bond donors (Lipinski definition) is 0. The predicted octanol–water partition coefficient (Wildman–Crippen LogP) is 2.06. The van der Waals surface area contributed by atoms with Crippen LogP contribution >= 0.6 is 0 Å². The summed E-state index contributed by atoms with van der Waals surface area (Å²) >= 11 is 0. The van der Waals surface area contributed by atoms with E-state index in [2.05, 4.69) is 35.7 Å². The largest absolute Gasteiger partial charge is 0.397 e. The number of piperazine rings is 1. The third-order valence-electron chi connectivity index (χ3n) is 6.18. The van der Waals surface area contributed by atoms with E-state index in [1.807, 2.05) is 14.2 Å². The normalized spacial score (nSPS) is 18.4. The monoisotopic (exact) mass is 489 g/mol.